The second-order valence-corrected chi connectivity index (χ2v) is 9.23. The molecule has 0 radical (unpaired) electrons. The van der Waals surface area contributed by atoms with Crippen LogP contribution in [0.25, 0.3) is 0 Å². The molecule has 3 fully saturated rings. The summed E-state index contributed by atoms with van der Waals surface area (Å²) >= 11 is 0. The highest BCUT2D eigenvalue weighted by Crippen LogP contribution is 2.67. The molecule has 3 rings (SSSR count). The van der Waals surface area contributed by atoms with E-state index in [1.807, 2.05) is 13.8 Å². The first-order valence-electron chi connectivity index (χ1n) is 7.38. The van der Waals surface area contributed by atoms with E-state index in [9.17, 15) is 18.5 Å². The number of aliphatic hydroxyl groups is 1. The fourth-order valence-corrected chi connectivity index (χ4v) is 4.92. The third kappa shape index (κ3) is 2.65. The predicted octanol–water partition coefficient (Wildman–Crippen LogP) is 0.290. The van der Waals surface area contributed by atoms with E-state index in [0.29, 0.717) is 18.8 Å². The second kappa shape index (κ2) is 4.93. The van der Waals surface area contributed by atoms with E-state index in [0.717, 1.165) is 12.7 Å². The molecule has 4 atom stereocenters. The molecule has 8 heteroatoms. The molecule has 0 aromatic heterocycles. The Kier molecular flexibility index (Phi) is 4.04. The molecule has 0 spiro atoms. The monoisotopic (exact) mass is 319 g/mol. The van der Waals surface area contributed by atoms with Crippen molar-refractivity contribution < 1.29 is 23.2 Å². The molecule has 6 nitrogen and oxygen atoms in total. The highest BCUT2D eigenvalue weighted by atomic mass is 32.2. The van der Waals surface area contributed by atoms with Crippen molar-refractivity contribution in [2.24, 2.45) is 11.3 Å². The third-order valence-corrected chi connectivity index (χ3v) is 6.39. The van der Waals surface area contributed by atoms with E-state index in [4.69, 9.17) is 4.65 Å². The van der Waals surface area contributed by atoms with Gasteiger partial charge in [0.15, 0.2) is 0 Å². The topological polar surface area (TPSA) is 95.9 Å². The first-order valence-corrected chi connectivity index (χ1v) is 9.27. The molecule has 0 heterocycles. The van der Waals surface area contributed by atoms with Crippen LogP contribution in [0, 0.1) is 11.3 Å². The van der Waals surface area contributed by atoms with Crippen molar-refractivity contribution in [1.29, 1.82) is 0 Å². The van der Waals surface area contributed by atoms with Gasteiger partial charge in [-0.1, -0.05) is 20.8 Å². The van der Waals surface area contributed by atoms with Crippen molar-refractivity contribution in [2.45, 2.75) is 64.1 Å². The maximum Gasteiger partial charge on any atom is 0.473 e. The van der Waals surface area contributed by atoms with E-state index < -0.39 is 34.3 Å². The molecule has 0 aliphatic heterocycles. The van der Waals surface area contributed by atoms with Crippen LogP contribution >= 0.6 is 0 Å². The molecule has 0 aromatic rings. The van der Waals surface area contributed by atoms with Crippen LogP contribution in [0.2, 0.25) is 0 Å². The fourth-order valence-electron chi connectivity index (χ4n) is 4.13. The van der Waals surface area contributed by atoms with Crippen molar-refractivity contribution in [2.75, 3.05) is 6.26 Å². The van der Waals surface area contributed by atoms with E-state index >= 15 is 0 Å². The van der Waals surface area contributed by atoms with Gasteiger partial charge >= 0.3 is 7.12 Å². The molecule has 0 saturated heterocycles. The van der Waals surface area contributed by atoms with Gasteiger partial charge in [0.25, 0.3) is 0 Å². The van der Waals surface area contributed by atoms with Gasteiger partial charge in [0.05, 0.1) is 23.4 Å². The van der Waals surface area contributed by atoms with Crippen LogP contribution in [0.4, 0.5) is 0 Å². The first kappa shape index (κ1) is 17.2. The van der Waals surface area contributed by atoms with Gasteiger partial charge in [-0.3, -0.25) is 0 Å². The van der Waals surface area contributed by atoms with Crippen molar-refractivity contribution in [3.05, 3.63) is 0 Å². The Morgan fingerprint density at radius 3 is 2.38 bits per heavy atom. The standard InChI is InChI=1S/C13H26BNO5S/c1-9(15-21(5,18)19)14(17)20-13-8-10(11(13,2)3)6-7-12(13,4)16/h9-10,15-17H,6-8H2,1-5H3/t9-,10?,12?,13?/m0/s1. The van der Waals surface area contributed by atoms with Crippen LogP contribution < -0.4 is 4.72 Å². The molecule has 3 unspecified atom stereocenters. The third-order valence-electron chi connectivity index (χ3n) is 5.59. The zero-order chi connectivity index (χ0) is 16.3. The van der Waals surface area contributed by atoms with Crippen LogP contribution in [-0.2, 0) is 14.7 Å². The molecular formula is C13H26BNO5S. The quantitative estimate of drug-likeness (QED) is 0.633. The maximum atomic E-state index is 11.3. The van der Waals surface area contributed by atoms with E-state index in [-0.39, 0.29) is 5.41 Å². The number of nitrogens with one attached hydrogen (secondary N) is 1. The highest BCUT2D eigenvalue weighted by molar-refractivity contribution is 7.88. The van der Waals surface area contributed by atoms with Crippen molar-refractivity contribution in [1.82, 2.24) is 4.72 Å². The average Bonchev–Trinajstić information content (AvgIpc) is 2.28. The van der Waals surface area contributed by atoms with Gasteiger partial charge in [0, 0.05) is 0 Å². The Hall–Kier alpha value is -0.145. The number of sulfonamides is 1. The summed E-state index contributed by atoms with van der Waals surface area (Å²) in [7, 11) is -4.73. The van der Waals surface area contributed by atoms with Crippen molar-refractivity contribution in [3.8, 4) is 0 Å². The fraction of sp³-hybridized carbons (Fsp3) is 1.00. The molecular weight excluding hydrogens is 293 g/mol. The van der Waals surface area contributed by atoms with Crippen LogP contribution in [-0.4, -0.2) is 49.1 Å². The summed E-state index contributed by atoms with van der Waals surface area (Å²) in [4.78, 5) is 0. The Morgan fingerprint density at radius 1 is 1.38 bits per heavy atom. The number of fused-ring (bicyclic) bond motifs is 2. The average molecular weight is 319 g/mol. The van der Waals surface area contributed by atoms with E-state index in [2.05, 4.69) is 4.72 Å². The summed E-state index contributed by atoms with van der Waals surface area (Å²) in [5.41, 5.74) is -2.12. The Balaban J connectivity index is 2.17. The molecule has 2 bridgehead atoms. The molecule has 3 aliphatic carbocycles. The summed E-state index contributed by atoms with van der Waals surface area (Å²) < 4.78 is 30.7. The molecule has 3 aliphatic rings. The van der Waals surface area contributed by atoms with Crippen LogP contribution in [0.15, 0.2) is 0 Å². The molecule has 0 aromatic carbocycles. The van der Waals surface area contributed by atoms with Gasteiger partial charge in [-0.2, -0.15) is 0 Å². The normalized spacial score (nSPS) is 39.5. The van der Waals surface area contributed by atoms with Crippen molar-refractivity contribution in [3.63, 3.8) is 0 Å². The lowest BCUT2D eigenvalue weighted by atomic mass is 9.40. The van der Waals surface area contributed by atoms with Crippen LogP contribution in [0.5, 0.6) is 0 Å². The minimum atomic E-state index is -3.43. The molecule has 3 saturated carbocycles. The van der Waals surface area contributed by atoms with E-state index in [1.54, 1.807) is 13.8 Å². The Bertz CT molecular complexity index is 511. The molecule has 21 heavy (non-hydrogen) atoms. The number of rotatable bonds is 5. The van der Waals surface area contributed by atoms with Gasteiger partial charge in [0.1, 0.15) is 0 Å². The predicted molar refractivity (Wildman–Crippen MR) is 81.0 cm³/mol. The first-order chi connectivity index (χ1) is 9.32. The molecule has 3 N–H and O–H groups in total. The van der Waals surface area contributed by atoms with Gasteiger partial charge < -0.3 is 14.8 Å². The van der Waals surface area contributed by atoms with Gasteiger partial charge in [-0.25, -0.2) is 13.1 Å². The summed E-state index contributed by atoms with van der Waals surface area (Å²) in [6.45, 7) is 7.36. The second-order valence-electron chi connectivity index (χ2n) is 7.45. The summed E-state index contributed by atoms with van der Waals surface area (Å²) in [6, 6.07) is 0. The maximum absolute atomic E-state index is 11.3. The van der Waals surface area contributed by atoms with Crippen molar-refractivity contribution >= 4 is 17.1 Å². The van der Waals surface area contributed by atoms with Gasteiger partial charge in [0.2, 0.25) is 10.0 Å². The Morgan fingerprint density at radius 2 is 1.95 bits per heavy atom. The highest BCUT2D eigenvalue weighted by Gasteiger charge is 2.71. The van der Waals surface area contributed by atoms with Crippen LogP contribution in [0.3, 0.4) is 0 Å². The lowest BCUT2D eigenvalue weighted by Crippen LogP contribution is -2.77. The number of hydrogen-bond acceptors (Lipinski definition) is 5. The molecule has 0 amide bonds. The summed E-state index contributed by atoms with van der Waals surface area (Å²) in [5, 5.41) is 21.0. The minimum absolute atomic E-state index is 0.249. The van der Waals surface area contributed by atoms with Gasteiger partial charge in [-0.15, -0.1) is 0 Å². The van der Waals surface area contributed by atoms with E-state index in [1.165, 1.54) is 0 Å². The minimum Gasteiger partial charge on any atom is -0.426 e. The largest absolute Gasteiger partial charge is 0.473 e. The van der Waals surface area contributed by atoms with Gasteiger partial charge in [-0.05, 0) is 37.5 Å². The zero-order valence-electron chi connectivity index (χ0n) is 13.4. The SMILES string of the molecule is C[C@H](NS(C)(=O)=O)B(O)OC12CC(CCC1(C)O)C2(C)C. The zero-order valence-corrected chi connectivity index (χ0v) is 14.2. The summed E-state index contributed by atoms with van der Waals surface area (Å²) in [6.07, 6.45) is 3.30. The lowest BCUT2D eigenvalue weighted by Gasteiger charge is -2.71. The smallest absolute Gasteiger partial charge is 0.426 e. The van der Waals surface area contributed by atoms with Crippen LogP contribution in [0.1, 0.15) is 47.0 Å². The molecule has 122 valence electrons. The number of hydrogen-bond donors (Lipinski definition) is 3. The summed E-state index contributed by atoms with van der Waals surface area (Å²) in [5.74, 6) is -0.315. The lowest BCUT2D eigenvalue weighted by molar-refractivity contribution is -0.305. The Labute approximate surface area is 127 Å².